The number of fused-ring (bicyclic) bond motifs is 1. The van der Waals surface area contributed by atoms with E-state index in [-0.39, 0.29) is 12.2 Å². The number of furan rings is 1. The zero-order chi connectivity index (χ0) is 17.6. The van der Waals surface area contributed by atoms with Gasteiger partial charge in [-0.15, -0.1) is 0 Å². The van der Waals surface area contributed by atoms with E-state index in [0.717, 1.165) is 11.5 Å². The quantitative estimate of drug-likeness (QED) is 0.662. The summed E-state index contributed by atoms with van der Waals surface area (Å²) < 4.78 is 5.50. The highest BCUT2D eigenvalue weighted by Crippen LogP contribution is 2.29. The molecule has 0 fully saturated rings. The van der Waals surface area contributed by atoms with Crippen molar-refractivity contribution in [1.82, 2.24) is 25.1 Å². The first-order chi connectivity index (χ1) is 12.0. The molecule has 0 aliphatic carbocycles. The van der Waals surface area contributed by atoms with Crippen molar-refractivity contribution >= 4 is 11.9 Å². The zero-order valence-electron chi connectivity index (χ0n) is 13.3. The van der Waals surface area contributed by atoms with Gasteiger partial charge in [0.1, 0.15) is 11.5 Å². The van der Waals surface area contributed by atoms with Gasteiger partial charge in [-0.05, 0) is 19.1 Å². The van der Waals surface area contributed by atoms with E-state index in [4.69, 9.17) is 4.42 Å². The maximum atomic E-state index is 12.8. The van der Waals surface area contributed by atoms with E-state index in [1.54, 1.807) is 12.1 Å². The van der Waals surface area contributed by atoms with Crippen LogP contribution in [-0.4, -0.2) is 48.6 Å². The first kappa shape index (κ1) is 15.2. The van der Waals surface area contributed by atoms with E-state index in [1.165, 1.54) is 11.2 Å². The van der Waals surface area contributed by atoms with Crippen LogP contribution in [0.4, 0.5) is 0 Å². The highest BCUT2D eigenvalue weighted by atomic mass is 16.4. The van der Waals surface area contributed by atoms with Crippen LogP contribution >= 0.6 is 0 Å². The lowest BCUT2D eigenvalue weighted by Gasteiger charge is -2.31. The number of hydrogen-bond acceptors (Lipinski definition) is 5. The Balaban J connectivity index is 1.64. The number of carboxylic acid groups (broad SMARTS) is 1. The molecule has 0 saturated carbocycles. The first-order valence-electron chi connectivity index (χ1n) is 7.72. The van der Waals surface area contributed by atoms with E-state index in [2.05, 4.69) is 20.2 Å². The number of H-pyrrole nitrogens is 2. The van der Waals surface area contributed by atoms with Gasteiger partial charge in [0.05, 0.1) is 12.0 Å². The lowest BCUT2D eigenvalue weighted by atomic mass is 10.0. The number of aryl methyl sites for hydroxylation is 1. The Morgan fingerprint density at radius 3 is 2.96 bits per heavy atom. The summed E-state index contributed by atoms with van der Waals surface area (Å²) in [6.45, 7) is 2.09. The van der Waals surface area contributed by atoms with E-state index < -0.39 is 17.9 Å². The number of nitrogens with zero attached hydrogens (tertiary/aromatic N) is 3. The van der Waals surface area contributed by atoms with Gasteiger partial charge in [-0.3, -0.25) is 9.89 Å². The number of hydrogen-bond donors (Lipinski definition) is 3. The number of rotatable bonds is 3. The van der Waals surface area contributed by atoms with Gasteiger partial charge in [0.15, 0.2) is 17.5 Å². The Bertz CT molecular complexity index is 953. The Kier molecular flexibility index (Phi) is 3.41. The standard InChI is InChI=1S/C16H15N5O4/c1-8-2-3-12(25-8)10-6-11(20-19-10)15(22)21-5-4-9-13(18-7-17-9)14(21)16(23)24/h2-3,6-7,14H,4-5H2,1H3,(H,17,18)(H,19,20)(H,23,24). The number of nitrogens with one attached hydrogen (secondary N) is 2. The van der Waals surface area contributed by atoms with Gasteiger partial charge in [-0.1, -0.05) is 0 Å². The summed E-state index contributed by atoms with van der Waals surface area (Å²) in [7, 11) is 0. The van der Waals surface area contributed by atoms with E-state index in [0.29, 0.717) is 23.6 Å². The van der Waals surface area contributed by atoms with Gasteiger partial charge in [0.25, 0.3) is 5.91 Å². The SMILES string of the molecule is Cc1ccc(-c2cc(C(=O)N3CCc4[nH]cnc4C3C(=O)O)n[nH]2)o1. The summed E-state index contributed by atoms with van der Waals surface area (Å²) in [6, 6.07) is 4.00. The molecule has 0 spiro atoms. The Hall–Kier alpha value is -3.36. The van der Waals surface area contributed by atoms with Crippen molar-refractivity contribution in [2.24, 2.45) is 0 Å². The van der Waals surface area contributed by atoms with Crippen molar-refractivity contribution < 1.29 is 19.1 Å². The summed E-state index contributed by atoms with van der Waals surface area (Å²) in [5, 5.41) is 16.3. The van der Waals surface area contributed by atoms with Gasteiger partial charge < -0.3 is 19.4 Å². The third-order valence-corrected chi connectivity index (χ3v) is 4.22. The predicted octanol–water partition coefficient (Wildman–Crippen LogP) is 1.53. The molecule has 1 amide bonds. The molecule has 0 bridgehead atoms. The van der Waals surface area contributed by atoms with Crippen LogP contribution in [0, 0.1) is 6.92 Å². The molecule has 0 aromatic carbocycles. The van der Waals surface area contributed by atoms with Gasteiger partial charge in [0.2, 0.25) is 0 Å². The normalized spacial score (nSPS) is 16.7. The van der Waals surface area contributed by atoms with Crippen molar-refractivity contribution in [3.8, 4) is 11.5 Å². The maximum absolute atomic E-state index is 12.8. The average molecular weight is 341 g/mol. The van der Waals surface area contributed by atoms with Gasteiger partial charge >= 0.3 is 5.97 Å². The summed E-state index contributed by atoms with van der Waals surface area (Å²) in [5.41, 5.74) is 1.80. The van der Waals surface area contributed by atoms with Crippen LogP contribution in [0.25, 0.3) is 11.5 Å². The second-order valence-electron chi connectivity index (χ2n) is 5.83. The van der Waals surface area contributed by atoms with Crippen molar-refractivity contribution in [3.63, 3.8) is 0 Å². The number of aliphatic carboxylic acids is 1. The average Bonchev–Trinajstić information content (AvgIpc) is 3.32. The number of carbonyl (C=O) groups excluding carboxylic acids is 1. The van der Waals surface area contributed by atoms with E-state index in [1.807, 2.05) is 13.0 Å². The summed E-state index contributed by atoms with van der Waals surface area (Å²) in [4.78, 5) is 32.8. The molecule has 3 aromatic rings. The minimum Gasteiger partial charge on any atom is -0.479 e. The van der Waals surface area contributed by atoms with Crippen molar-refractivity contribution in [3.05, 3.63) is 47.4 Å². The highest BCUT2D eigenvalue weighted by molar-refractivity contribution is 5.96. The zero-order valence-corrected chi connectivity index (χ0v) is 13.3. The fourth-order valence-corrected chi connectivity index (χ4v) is 3.03. The molecule has 3 N–H and O–H groups in total. The van der Waals surface area contributed by atoms with Gasteiger partial charge in [-0.2, -0.15) is 5.10 Å². The van der Waals surface area contributed by atoms with Gasteiger partial charge in [-0.25, -0.2) is 9.78 Å². The van der Waals surface area contributed by atoms with Crippen LogP contribution in [0.5, 0.6) is 0 Å². The number of aromatic nitrogens is 4. The molecule has 3 aromatic heterocycles. The second kappa shape index (κ2) is 5.62. The highest BCUT2D eigenvalue weighted by Gasteiger charge is 2.39. The monoisotopic (exact) mass is 341 g/mol. The number of amides is 1. The predicted molar refractivity (Wildman–Crippen MR) is 84.7 cm³/mol. The molecular weight excluding hydrogens is 326 g/mol. The molecule has 128 valence electrons. The molecule has 1 atom stereocenters. The number of carbonyl (C=O) groups is 2. The Morgan fingerprint density at radius 2 is 2.24 bits per heavy atom. The third kappa shape index (κ3) is 2.49. The molecular formula is C16H15N5O4. The largest absolute Gasteiger partial charge is 0.479 e. The van der Waals surface area contributed by atoms with Crippen LogP contribution in [0.1, 0.15) is 33.7 Å². The molecule has 25 heavy (non-hydrogen) atoms. The van der Waals surface area contributed by atoms with Crippen LogP contribution in [0.15, 0.2) is 28.9 Å². The summed E-state index contributed by atoms with van der Waals surface area (Å²) in [5.74, 6) is -0.289. The smallest absolute Gasteiger partial charge is 0.332 e. The van der Waals surface area contributed by atoms with Crippen molar-refractivity contribution in [2.75, 3.05) is 6.54 Å². The minimum absolute atomic E-state index is 0.134. The molecule has 0 radical (unpaired) electrons. The second-order valence-corrected chi connectivity index (χ2v) is 5.83. The molecule has 9 nitrogen and oxygen atoms in total. The van der Waals surface area contributed by atoms with Crippen LogP contribution in [0.3, 0.4) is 0 Å². The molecule has 1 aliphatic heterocycles. The van der Waals surface area contributed by atoms with E-state index >= 15 is 0 Å². The topological polar surface area (TPSA) is 128 Å². The number of aromatic amines is 2. The first-order valence-corrected chi connectivity index (χ1v) is 7.72. The third-order valence-electron chi connectivity index (χ3n) is 4.22. The summed E-state index contributed by atoms with van der Waals surface area (Å²) in [6.07, 6.45) is 1.96. The lowest BCUT2D eigenvalue weighted by Crippen LogP contribution is -2.43. The lowest BCUT2D eigenvalue weighted by molar-refractivity contribution is -0.143. The molecule has 4 heterocycles. The van der Waals surface area contributed by atoms with Crippen LogP contribution < -0.4 is 0 Å². The van der Waals surface area contributed by atoms with Crippen LogP contribution in [0.2, 0.25) is 0 Å². The Labute approximate surface area is 141 Å². The Morgan fingerprint density at radius 1 is 1.40 bits per heavy atom. The minimum atomic E-state index is -1.13. The van der Waals surface area contributed by atoms with Crippen LogP contribution in [-0.2, 0) is 11.2 Å². The molecule has 1 aliphatic rings. The van der Waals surface area contributed by atoms with Crippen molar-refractivity contribution in [1.29, 1.82) is 0 Å². The molecule has 4 rings (SSSR count). The fraction of sp³-hybridized carbons (Fsp3) is 0.250. The summed E-state index contributed by atoms with van der Waals surface area (Å²) >= 11 is 0. The number of carboxylic acids is 1. The fourth-order valence-electron chi connectivity index (χ4n) is 3.03. The molecule has 9 heteroatoms. The van der Waals surface area contributed by atoms with E-state index in [9.17, 15) is 14.7 Å². The maximum Gasteiger partial charge on any atom is 0.332 e. The number of imidazole rings is 1. The molecule has 1 unspecified atom stereocenters. The van der Waals surface area contributed by atoms with Gasteiger partial charge in [0, 0.05) is 24.7 Å². The molecule has 0 saturated heterocycles. The van der Waals surface area contributed by atoms with Crippen molar-refractivity contribution in [2.45, 2.75) is 19.4 Å².